The van der Waals surface area contributed by atoms with E-state index in [2.05, 4.69) is 4.99 Å². The third-order valence-electron chi connectivity index (χ3n) is 2.06. The molecule has 1 aliphatic heterocycles. The van der Waals surface area contributed by atoms with Gasteiger partial charge in [0.15, 0.2) is 5.78 Å². The van der Waals surface area contributed by atoms with Gasteiger partial charge >= 0.3 is 0 Å². The van der Waals surface area contributed by atoms with Crippen LogP contribution >= 0.6 is 11.6 Å². The summed E-state index contributed by atoms with van der Waals surface area (Å²) in [6.07, 6.45) is 1.29. The van der Waals surface area contributed by atoms with Crippen LogP contribution in [0.15, 0.2) is 29.3 Å². The largest absolute Gasteiger partial charge is 0.293 e. The van der Waals surface area contributed by atoms with E-state index in [0.717, 1.165) is 0 Å². The number of carbonyl (C=O) groups excluding carboxylic acids is 2. The number of ketones is 1. The number of para-hydroxylation sites is 1. The summed E-state index contributed by atoms with van der Waals surface area (Å²) in [6, 6.07) is 6.87. The molecule has 1 unspecified atom stereocenters. The molecule has 1 aliphatic rings. The maximum absolute atomic E-state index is 11.7. The second-order valence-electron chi connectivity index (χ2n) is 2.94. The number of carbonyl (C=O) groups is 2. The van der Waals surface area contributed by atoms with Gasteiger partial charge in [0, 0.05) is 11.8 Å². The van der Waals surface area contributed by atoms with Crippen LogP contribution < -0.4 is 0 Å². The molecule has 0 bridgehead atoms. The zero-order chi connectivity index (χ0) is 10.1. The fraction of sp³-hybridized carbons (Fsp3) is 0.100. The monoisotopic (exact) mass is 207 g/mol. The van der Waals surface area contributed by atoms with Gasteiger partial charge in [-0.1, -0.05) is 12.1 Å². The molecule has 70 valence electrons. The Labute approximate surface area is 85.4 Å². The van der Waals surface area contributed by atoms with Gasteiger partial charge in [0.1, 0.15) is 5.92 Å². The van der Waals surface area contributed by atoms with Gasteiger partial charge in [-0.15, -0.1) is 0 Å². The van der Waals surface area contributed by atoms with Crippen LogP contribution in [0.4, 0.5) is 5.69 Å². The van der Waals surface area contributed by atoms with E-state index in [1.807, 2.05) is 0 Å². The first kappa shape index (κ1) is 9.09. The van der Waals surface area contributed by atoms with Crippen LogP contribution in [0, 0.1) is 5.92 Å². The van der Waals surface area contributed by atoms with Crippen molar-refractivity contribution in [1.29, 1.82) is 0 Å². The van der Waals surface area contributed by atoms with E-state index < -0.39 is 11.2 Å². The van der Waals surface area contributed by atoms with E-state index in [1.165, 1.54) is 6.21 Å². The normalized spacial score (nSPS) is 19.2. The number of fused-ring (bicyclic) bond motifs is 1. The fourth-order valence-electron chi connectivity index (χ4n) is 1.35. The second-order valence-corrected chi connectivity index (χ2v) is 3.31. The fourth-order valence-corrected chi connectivity index (χ4v) is 1.50. The summed E-state index contributed by atoms with van der Waals surface area (Å²) in [4.78, 5) is 26.5. The van der Waals surface area contributed by atoms with Crippen molar-refractivity contribution in [1.82, 2.24) is 0 Å². The van der Waals surface area contributed by atoms with Crippen LogP contribution in [0.1, 0.15) is 10.4 Å². The Morgan fingerprint density at radius 3 is 2.79 bits per heavy atom. The molecule has 0 amide bonds. The maximum atomic E-state index is 11.7. The molecule has 3 nitrogen and oxygen atoms in total. The summed E-state index contributed by atoms with van der Waals surface area (Å²) in [7, 11) is 0. The summed E-state index contributed by atoms with van der Waals surface area (Å²) in [5, 5.41) is -0.687. The molecule has 0 saturated heterocycles. The number of benzene rings is 1. The van der Waals surface area contributed by atoms with Crippen LogP contribution in [0.3, 0.4) is 0 Å². The Morgan fingerprint density at radius 2 is 2.07 bits per heavy atom. The topological polar surface area (TPSA) is 46.5 Å². The van der Waals surface area contributed by atoms with E-state index >= 15 is 0 Å². The molecule has 14 heavy (non-hydrogen) atoms. The molecule has 0 radical (unpaired) electrons. The lowest BCUT2D eigenvalue weighted by molar-refractivity contribution is -0.112. The summed E-state index contributed by atoms with van der Waals surface area (Å²) in [5.41, 5.74) is 1.04. The van der Waals surface area contributed by atoms with Gasteiger partial charge in [-0.3, -0.25) is 14.6 Å². The second kappa shape index (κ2) is 3.35. The molecule has 2 rings (SSSR count). The van der Waals surface area contributed by atoms with Crippen molar-refractivity contribution in [3.05, 3.63) is 29.8 Å². The third-order valence-corrected chi connectivity index (χ3v) is 2.29. The first-order valence-corrected chi connectivity index (χ1v) is 4.45. The highest BCUT2D eigenvalue weighted by Gasteiger charge is 2.28. The highest BCUT2D eigenvalue weighted by Crippen LogP contribution is 2.26. The summed E-state index contributed by atoms with van der Waals surface area (Å²) in [6.45, 7) is 0. The summed E-state index contributed by atoms with van der Waals surface area (Å²) >= 11 is 5.27. The van der Waals surface area contributed by atoms with Gasteiger partial charge in [0.25, 0.3) is 0 Å². The minimum Gasteiger partial charge on any atom is -0.293 e. The van der Waals surface area contributed by atoms with Crippen molar-refractivity contribution < 1.29 is 9.59 Å². The maximum Gasteiger partial charge on any atom is 0.237 e. The lowest BCUT2D eigenvalue weighted by Gasteiger charge is -2.13. The SMILES string of the molecule is O=C(Cl)C1C=Nc2ccccc2C1=O. The molecule has 0 spiro atoms. The van der Waals surface area contributed by atoms with Crippen molar-refractivity contribution >= 4 is 34.5 Å². The average Bonchev–Trinajstić information content (AvgIpc) is 2.18. The van der Waals surface area contributed by atoms with Crippen molar-refractivity contribution in [2.75, 3.05) is 0 Å². The van der Waals surface area contributed by atoms with Gasteiger partial charge in [0.2, 0.25) is 5.24 Å². The molecule has 1 heterocycles. The molecule has 4 heteroatoms. The molecular weight excluding hydrogens is 202 g/mol. The molecule has 1 aromatic rings. The standard InChI is InChI=1S/C10H6ClNO2/c11-10(14)7-5-12-8-4-2-1-3-6(8)9(7)13/h1-5,7H. The Balaban J connectivity index is 2.50. The zero-order valence-corrected chi connectivity index (χ0v) is 7.86. The van der Waals surface area contributed by atoms with Crippen molar-refractivity contribution in [3.63, 3.8) is 0 Å². The van der Waals surface area contributed by atoms with E-state index in [9.17, 15) is 9.59 Å². The van der Waals surface area contributed by atoms with Gasteiger partial charge in [-0.05, 0) is 23.7 Å². The van der Waals surface area contributed by atoms with E-state index in [4.69, 9.17) is 11.6 Å². The molecule has 0 aliphatic carbocycles. The van der Waals surface area contributed by atoms with Crippen LogP contribution in [-0.4, -0.2) is 17.2 Å². The molecule has 0 fully saturated rings. The highest BCUT2D eigenvalue weighted by atomic mass is 35.5. The minimum atomic E-state index is -0.924. The van der Waals surface area contributed by atoms with Gasteiger partial charge in [-0.25, -0.2) is 0 Å². The predicted molar refractivity (Wildman–Crippen MR) is 53.3 cm³/mol. The van der Waals surface area contributed by atoms with Crippen molar-refractivity contribution in [2.45, 2.75) is 0 Å². The molecule has 0 saturated carbocycles. The summed E-state index contributed by atoms with van der Waals surface area (Å²) < 4.78 is 0. The van der Waals surface area contributed by atoms with E-state index in [1.54, 1.807) is 24.3 Å². The Kier molecular flexibility index (Phi) is 2.17. The zero-order valence-electron chi connectivity index (χ0n) is 7.11. The lowest BCUT2D eigenvalue weighted by Crippen LogP contribution is -2.24. The van der Waals surface area contributed by atoms with Crippen LogP contribution in [0.25, 0.3) is 0 Å². The minimum absolute atomic E-state index is 0.282. The van der Waals surface area contributed by atoms with Crippen molar-refractivity contribution in [3.8, 4) is 0 Å². The van der Waals surface area contributed by atoms with E-state index in [0.29, 0.717) is 11.3 Å². The molecule has 1 atom stereocenters. The van der Waals surface area contributed by atoms with Crippen molar-refractivity contribution in [2.24, 2.45) is 10.9 Å². The third kappa shape index (κ3) is 1.36. The highest BCUT2D eigenvalue weighted by molar-refractivity contribution is 6.67. The van der Waals surface area contributed by atoms with Crippen LogP contribution in [0.2, 0.25) is 0 Å². The Morgan fingerprint density at radius 1 is 1.36 bits per heavy atom. The Bertz CT molecular complexity index is 440. The number of nitrogens with zero attached hydrogens (tertiary/aromatic N) is 1. The van der Waals surface area contributed by atoms with Crippen LogP contribution in [-0.2, 0) is 4.79 Å². The Hall–Kier alpha value is -1.48. The molecule has 0 aromatic heterocycles. The predicted octanol–water partition coefficient (Wildman–Crippen LogP) is 1.97. The molecule has 1 aromatic carbocycles. The number of halogens is 1. The number of aliphatic imine (C=N–C) groups is 1. The van der Waals surface area contributed by atoms with E-state index in [-0.39, 0.29) is 5.78 Å². The number of hydrogen-bond acceptors (Lipinski definition) is 3. The molecular formula is C10H6ClNO2. The van der Waals surface area contributed by atoms with Crippen LogP contribution in [0.5, 0.6) is 0 Å². The summed E-state index contributed by atoms with van der Waals surface area (Å²) in [5.74, 6) is -1.21. The average molecular weight is 208 g/mol. The number of hydrogen-bond donors (Lipinski definition) is 0. The number of Topliss-reactive ketones (excluding diaryl/α,β-unsaturated/α-hetero) is 1. The first-order valence-electron chi connectivity index (χ1n) is 4.07. The van der Waals surface area contributed by atoms with Gasteiger partial charge in [0.05, 0.1) is 5.69 Å². The van der Waals surface area contributed by atoms with Gasteiger partial charge < -0.3 is 0 Å². The number of rotatable bonds is 1. The quantitative estimate of drug-likeness (QED) is 0.522. The lowest BCUT2D eigenvalue weighted by atomic mass is 9.96. The first-order chi connectivity index (χ1) is 6.70. The van der Waals surface area contributed by atoms with Gasteiger partial charge in [-0.2, -0.15) is 0 Å². The molecule has 0 N–H and O–H groups in total. The smallest absolute Gasteiger partial charge is 0.237 e.